The third kappa shape index (κ3) is 5.13. The Hall–Kier alpha value is -1.35. The molecule has 0 aromatic rings. The van der Waals surface area contributed by atoms with Gasteiger partial charge in [0.05, 0.1) is 6.04 Å². The summed E-state index contributed by atoms with van der Waals surface area (Å²) in [7, 11) is -3.66. The monoisotopic (exact) mass is 335 g/mol. The molecule has 1 aliphatic heterocycles. The molecule has 1 atom stereocenters. The number of sulfonamides is 1. The molecule has 0 aromatic carbocycles. The molecule has 22 heavy (non-hydrogen) atoms. The van der Waals surface area contributed by atoms with Crippen molar-refractivity contribution in [1.29, 1.82) is 0 Å². The van der Waals surface area contributed by atoms with Gasteiger partial charge in [0.15, 0.2) is 0 Å². The maximum Gasteiger partial charge on any atom is 0.410 e. The third-order valence-electron chi connectivity index (χ3n) is 3.02. The van der Waals surface area contributed by atoms with Crippen LogP contribution in [0.4, 0.5) is 4.79 Å². The normalized spacial score (nSPS) is 17.6. The molecule has 0 bridgehead atoms. The predicted octanol–water partition coefficient (Wildman–Crippen LogP) is 0.0497. The average molecular weight is 335 g/mol. The Bertz CT molecular complexity index is 520. The van der Waals surface area contributed by atoms with E-state index in [9.17, 15) is 18.0 Å². The second-order valence-electron chi connectivity index (χ2n) is 6.29. The summed E-state index contributed by atoms with van der Waals surface area (Å²) in [5.41, 5.74) is -0.619. The van der Waals surface area contributed by atoms with Crippen LogP contribution in [0.1, 0.15) is 34.6 Å². The Labute approximate surface area is 131 Å². The Kier molecular flexibility index (Phi) is 5.80. The molecular formula is C13H25N3O5S. The standard InChI is InChI=1S/C13H25N3O5S/c1-6-14-11(17)9(2)15-22(19,20)10-7-16(8-10)12(18)21-13(3,4)5/h9-10,15H,6-8H2,1-5H3,(H,14,17)/t9-/m0/s1. The molecule has 9 heteroatoms. The van der Waals surface area contributed by atoms with Gasteiger partial charge in [-0.15, -0.1) is 0 Å². The molecule has 1 saturated heterocycles. The minimum Gasteiger partial charge on any atom is -0.444 e. The number of hydrogen-bond donors (Lipinski definition) is 2. The van der Waals surface area contributed by atoms with E-state index in [1.165, 1.54) is 11.8 Å². The van der Waals surface area contributed by atoms with Crippen molar-refractivity contribution in [1.82, 2.24) is 14.9 Å². The van der Waals surface area contributed by atoms with E-state index in [1.54, 1.807) is 27.7 Å². The number of amides is 2. The second kappa shape index (κ2) is 6.82. The summed E-state index contributed by atoms with van der Waals surface area (Å²) >= 11 is 0. The fourth-order valence-corrected chi connectivity index (χ4v) is 3.38. The number of nitrogens with zero attached hydrogens (tertiary/aromatic N) is 1. The Morgan fingerprint density at radius 1 is 1.32 bits per heavy atom. The van der Waals surface area contributed by atoms with E-state index < -0.39 is 33.0 Å². The molecule has 1 heterocycles. The summed E-state index contributed by atoms with van der Waals surface area (Å²) in [5.74, 6) is -0.380. The van der Waals surface area contributed by atoms with Crippen molar-refractivity contribution in [3.63, 3.8) is 0 Å². The van der Waals surface area contributed by atoms with Gasteiger partial charge in [-0.05, 0) is 34.6 Å². The first-order valence-electron chi connectivity index (χ1n) is 7.23. The molecule has 8 nitrogen and oxygen atoms in total. The highest BCUT2D eigenvalue weighted by molar-refractivity contribution is 7.90. The van der Waals surface area contributed by atoms with Crippen LogP contribution in [0.5, 0.6) is 0 Å². The molecule has 128 valence electrons. The first-order valence-corrected chi connectivity index (χ1v) is 8.77. The van der Waals surface area contributed by atoms with Gasteiger partial charge in [0.25, 0.3) is 0 Å². The predicted molar refractivity (Wildman–Crippen MR) is 81.8 cm³/mol. The molecule has 1 aliphatic rings. The SMILES string of the molecule is CCNC(=O)[C@H](C)NS(=O)(=O)C1CN(C(=O)OC(C)(C)C)C1. The van der Waals surface area contributed by atoms with E-state index in [-0.39, 0.29) is 19.0 Å². The number of hydrogen-bond acceptors (Lipinski definition) is 5. The molecule has 0 aliphatic carbocycles. The summed E-state index contributed by atoms with van der Waals surface area (Å²) in [6.07, 6.45) is -0.532. The maximum absolute atomic E-state index is 12.1. The summed E-state index contributed by atoms with van der Waals surface area (Å²) in [6, 6.07) is -0.847. The van der Waals surface area contributed by atoms with Crippen LogP contribution < -0.4 is 10.0 Å². The largest absolute Gasteiger partial charge is 0.444 e. The highest BCUT2D eigenvalue weighted by atomic mass is 32.2. The van der Waals surface area contributed by atoms with Crippen LogP contribution in [0.15, 0.2) is 0 Å². The summed E-state index contributed by atoms with van der Waals surface area (Å²) in [6.45, 7) is 9.02. The van der Waals surface area contributed by atoms with Crippen molar-refractivity contribution in [3.05, 3.63) is 0 Å². The van der Waals surface area contributed by atoms with Gasteiger partial charge in [0.2, 0.25) is 15.9 Å². The molecule has 1 fully saturated rings. The van der Waals surface area contributed by atoms with Gasteiger partial charge in [0.1, 0.15) is 10.9 Å². The fourth-order valence-electron chi connectivity index (χ4n) is 1.83. The van der Waals surface area contributed by atoms with E-state index in [4.69, 9.17) is 4.74 Å². The molecule has 0 saturated carbocycles. The van der Waals surface area contributed by atoms with Crippen LogP contribution in [0.25, 0.3) is 0 Å². The van der Waals surface area contributed by atoms with Crippen LogP contribution in [-0.2, 0) is 19.6 Å². The lowest BCUT2D eigenvalue weighted by atomic mass is 10.2. The smallest absolute Gasteiger partial charge is 0.410 e. The van der Waals surface area contributed by atoms with Crippen LogP contribution in [0.2, 0.25) is 0 Å². The van der Waals surface area contributed by atoms with Gasteiger partial charge < -0.3 is 15.0 Å². The maximum atomic E-state index is 12.1. The number of likely N-dealkylation sites (N-methyl/N-ethyl adjacent to an activating group) is 1. The average Bonchev–Trinajstić information content (AvgIpc) is 2.22. The Morgan fingerprint density at radius 3 is 2.32 bits per heavy atom. The van der Waals surface area contributed by atoms with Gasteiger partial charge >= 0.3 is 6.09 Å². The van der Waals surface area contributed by atoms with Gasteiger partial charge in [-0.3, -0.25) is 4.79 Å². The Balaban J connectivity index is 2.51. The van der Waals surface area contributed by atoms with Crippen LogP contribution >= 0.6 is 0 Å². The molecular weight excluding hydrogens is 310 g/mol. The quantitative estimate of drug-likeness (QED) is 0.739. The zero-order chi connectivity index (χ0) is 17.1. The first kappa shape index (κ1) is 18.7. The number of likely N-dealkylation sites (tertiary alicyclic amines) is 1. The molecule has 0 radical (unpaired) electrons. The fraction of sp³-hybridized carbons (Fsp3) is 0.846. The van der Waals surface area contributed by atoms with E-state index in [0.717, 1.165) is 0 Å². The van der Waals surface area contributed by atoms with Crippen LogP contribution in [0, 0.1) is 0 Å². The number of rotatable bonds is 5. The van der Waals surface area contributed by atoms with Gasteiger partial charge in [-0.2, -0.15) is 0 Å². The van der Waals surface area contributed by atoms with Gasteiger partial charge in [-0.25, -0.2) is 17.9 Å². The van der Waals surface area contributed by atoms with Crippen molar-refractivity contribution in [3.8, 4) is 0 Å². The summed E-state index contributed by atoms with van der Waals surface area (Å²) in [5, 5.41) is 1.82. The second-order valence-corrected chi connectivity index (χ2v) is 8.28. The lowest BCUT2D eigenvalue weighted by Crippen LogP contribution is -2.61. The minimum absolute atomic E-state index is 0.0619. The van der Waals surface area contributed by atoms with Crippen molar-refractivity contribution < 1.29 is 22.7 Å². The lowest BCUT2D eigenvalue weighted by molar-refractivity contribution is -0.122. The lowest BCUT2D eigenvalue weighted by Gasteiger charge is -2.39. The molecule has 0 spiro atoms. The van der Waals surface area contributed by atoms with Crippen molar-refractivity contribution in [2.75, 3.05) is 19.6 Å². The highest BCUT2D eigenvalue weighted by Crippen LogP contribution is 2.19. The van der Waals surface area contributed by atoms with Gasteiger partial charge in [-0.1, -0.05) is 0 Å². The van der Waals surface area contributed by atoms with Crippen LogP contribution in [-0.4, -0.2) is 61.8 Å². The number of ether oxygens (including phenoxy) is 1. The Morgan fingerprint density at radius 2 is 1.86 bits per heavy atom. The third-order valence-corrected chi connectivity index (χ3v) is 4.88. The number of carbonyl (C=O) groups excluding carboxylic acids is 2. The molecule has 0 aromatic heterocycles. The molecule has 0 unspecified atom stereocenters. The number of nitrogens with one attached hydrogen (secondary N) is 2. The van der Waals surface area contributed by atoms with Crippen molar-refractivity contribution in [2.45, 2.75) is 51.5 Å². The van der Waals surface area contributed by atoms with E-state index in [2.05, 4.69) is 10.0 Å². The van der Waals surface area contributed by atoms with Crippen molar-refractivity contribution >= 4 is 22.0 Å². The molecule has 2 amide bonds. The molecule has 2 N–H and O–H groups in total. The van der Waals surface area contributed by atoms with Crippen LogP contribution in [0.3, 0.4) is 0 Å². The molecule has 1 rings (SSSR count). The van der Waals surface area contributed by atoms with Gasteiger partial charge in [0, 0.05) is 19.6 Å². The zero-order valence-corrected chi connectivity index (χ0v) is 14.5. The summed E-state index contributed by atoms with van der Waals surface area (Å²) < 4.78 is 31.7. The first-order chi connectivity index (χ1) is 9.96. The zero-order valence-electron chi connectivity index (χ0n) is 13.7. The minimum atomic E-state index is -3.66. The topological polar surface area (TPSA) is 105 Å². The van der Waals surface area contributed by atoms with E-state index in [0.29, 0.717) is 6.54 Å². The van der Waals surface area contributed by atoms with E-state index in [1.807, 2.05) is 0 Å². The van der Waals surface area contributed by atoms with E-state index >= 15 is 0 Å². The summed E-state index contributed by atoms with van der Waals surface area (Å²) in [4.78, 5) is 24.6. The highest BCUT2D eigenvalue weighted by Gasteiger charge is 2.42. The number of carbonyl (C=O) groups is 2. The van der Waals surface area contributed by atoms with Crippen molar-refractivity contribution in [2.24, 2.45) is 0 Å².